The summed E-state index contributed by atoms with van der Waals surface area (Å²) in [6.45, 7) is 3.85. The molecule has 1 aliphatic heterocycles. The third kappa shape index (κ3) is 13.0. The molecule has 2 bridgehead atoms. The van der Waals surface area contributed by atoms with E-state index in [9.17, 15) is 24.0 Å². The molecule has 3 amide bonds. The molecule has 0 unspecified atom stereocenters. The molecule has 0 saturated carbocycles. The Morgan fingerprint density at radius 2 is 1.87 bits per heavy atom. The summed E-state index contributed by atoms with van der Waals surface area (Å²) in [5.41, 5.74) is 0.856. The fourth-order valence-electron chi connectivity index (χ4n) is 4.47. The van der Waals surface area contributed by atoms with Crippen LogP contribution in [0.3, 0.4) is 0 Å². The van der Waals surface area contributed by atoms with E-state index >= 15 is 0 Å². The number of allylic oxidation sites excluding steroid dienone is 2. The summed E-state index contributed by atoms with van der Waals surface area (Å²) in [6, 6.07) is 8.04. The molecule has 1 aromatic carbocycles. The van der Waals surface area contributed by atoms with Gasteiger partial charge in [0.2, 0.25) is 5.91 Å². The highest BCUT2D eigenvalue weighted by molar-refractivity contribution is 8.13. The third-order valence-electron chi connectivity index (χ3n) is 6.91. The second-order valence-corrected chi connectivity index (χ2v) is 12.7. The van der Waals surface area contributed by atoms with Gasteiger partial charge in [0, 0.05) is 24.0 Å². The molecule has 10 nitrogen and oxygen atoms in total. The number of thiazole rings is 1. The molecule has 3 N–H and O–H groups in total. The van der Waals surface area contributed by atoms with Crippen LogP contribution in [0.1, 0.15) is 86.3 Å². The number of carbonyl (C=O) groups is 5. The van der Waals surface area contributed by atoms with Gasteiger partial charge in [-0.3, -0.25) is 19.2 Å². The van der Waals surface area contributed by atoms with Crippen molar-refractivity contribution in [3.8, 4) is 0 Å². The highest BCUT2D eigenvalue weighted by Gasteiger charge is 2.28. The van der Waals surface area contributed by atoms with Gasteiger partial charge in [0.15, 0.2) is 5.12 Å². The summed E-state index contributed by atoms with van der Waals surface area (Å²) >= 11 is 2.49. The van der Waals surface area contributed by atoms with Crippen LogP contribution in [0.5, 0.6) is 0 Å². The molecule has 2 atom stereocenters. The number of hydrogen-bond donors (Lipinski definition) is 3. The van der Waals surface area contributed by atoms with Crippen molar-refractivity contribution in [1.82, 2.24) is 20.9 Å². The Bertz CT molecular complexity index is 1360. The lowest BCUT2D eigenvalue weighted by molar-refractivity contribution is -0.151. The van der Waals surface area contributed by atoms with Crippen molar-refractivity contribution in [3.05, 3.63) is 75.9 Å². The Labute approximate surface area is 272 Å². The summed E-state index contributed by atoms with van der Waals surface area (Å²) < 4.78 is 5.79. The third-order valence-corrected chi connectivity index (χ3v) is 8.73. The van der Waals surface area contributed by atoms with Crippen LogP contribution in [0.25, 0.3) is 0 Å². The molecule has 45 heavy (non-hydrogen) atoms. The number of carbonyl (C=O) groups excluding carboxylic acids is 5. The average Bonchev–Trinajstić information content (AvgIpc) is 3.51. The van der Waals surface area contributed by atoms with Gasteiger partial charge in [-0.1, -0.05) is 86.9 Å². The zero-order chi connectivity index (χ0) is 32.4. The fourth-order valence-corrected chi connectivity index (χ4v) is 5.95. The maximum absolute atomic E-state index is 13.5. The lowest BCUT2D eigenvalue weighted by Gasteiger charge is -2.22. The van der Waals surface area contributed by atoms with E-state index < -0.39 is 29.9 Å². The number of benzene rings is 1. The van der Waals surface area contributed by atoms with Crippen LogP contribution in [-0.4, -0.2) is 51.7 Å². The monoisotopic (exact) mass is 654 g/mol. The molecule has 3 rings (SSSR count). The topological polar surface area (TPSA) is 144 Å². The highest BCUT2D eigenvalue weighted by atomic mass is 32.2. The summed E-state index contributed by atoms with van der Waals surface area (Å²) in [5.74, 6) is -1.77. The van der Waals surface area contributed by atoms with E-state index in [1.807, 2.05) is 30.3 Å². The number of fused-ring (bicyclic) bond motifs is 2. The Kier molecular flexibility index (Phi) is 15.5. The molecular formula is C33H42N4O6S2. The van der Waals surface area contributed by atoms with Gasteiger partial charge in [0.25, 0.3) is 11.8 Å². The highest BCUT2D eigenvalue weighted by Crippen LogP contribution is 2.15. The summed E-state index contributed by atoms with van der Waals surface area (Å²) in [5, 5.41) is 10.2. The van der Waals surface area contributed by atoms with Gasteiger partial charge >= 0.3 is 5.97 Å². The maximum Gasteiger partial charge on any atom is 0.329 e. The Balaban J connectivity index is 1.73. The van der Waals surface area contributed by atoms with Crippen LogP contribution in [0.15, 0.2) is 59.6 Å². The molecule has 0 aliphatic carbocycles. The van der Waals surface area contributed by atoms with Crippen LogP contribution in [0.2, 0.25) is 0 Å². The molecule has 0 fully saturated rings. The van der Waals surface area contributed by atoms with E-state index in [0.717, 1.165) is 24.8 Å². The number of thioether (sulfide) groups is 1. The van der Waals surface area contributed by atoms with Gasteiger partial charge in [-0.25, -0.2) is 9.78 Å². The molecule has 0 spiro atoms. The number of nitrogens with zero attached hydrogens (tertiary/aromatic N) is 1. The second kappa shape index (κ2) is 19.6. The second-order valence-electron chi connectivity index (χ2n) is 10.6. The first kappa shape index (κ1) is 35.7. The maximum atomic E-state index is 13.5. The minimum Gasteiger partial charge on any atom is -0.456 e. The zero-order valence-corrected chi connectivity index (χ0v) is 27.5. The van der Waals surface area contributed by atoms with Gasteiger partial charge in [-0.15, -0.1) is 11.3 Å². The van der Waals surface area contributed by atoms with Crippen LogP contribution in [-0.2, 0) is 36.9 Å². The van der Waals surface area contributed by atoms with Crippen molar-refractivity contribution in [2.24, 2.45) is 0 Å². The van der Waals surface area contributed by atoms with Crippen LogP contribution in [0.4, 0.5) is 0 Å². The van der Waals surface area contributed by atoms with Crippen LogP contribution in [0, 0.1) is 0 Å². The Hall–Kier alpha value is -3.77. The molecule has 242 valence electrons. The van der Waals surface area contributed by atoms with E-state index in [0.29, 0.717) is 23.6 Å². The minimum absolute atomic E-state index is 0.0368. The SMILES string of the molecule is CC=C1NC(=O)c2csc(n2)CNC(=O)C[C@@H](C=CCCSC(=O)CCCCCCC)OC(=O)[C@H](Cc2ccccc2)NC1=O. The van der Waals surface area contributed by atoms with Gasteiger partial charge in [0.05, 0.1) is 13.0 Å². The predicted molar refractivity (Wildman–Crippen MR) is 176 cm³/mol. The van der Waals surface area contributed by atoms with Gasteiger partial charge in [-0.05, 0) is 31.4 Å². The van der Waals surface area contributed by atoms with Gasteiger partial charge in [-0.2, -0.15) is 0 Å². The van der Waals surface area contributed by atoms with Gasteiger partial charge in [0.1, 0.15) is 28.5 Å². The number of cyclic esters (lactones) is 1. The zero-order valence-electron chi connectivity index (χ0n) is 25.8. The van der Waals surface area contributed by atoms with Crippen LogP contribution < -0.4 is 16.0 Å². The first-order valence-electron chi connectivity index (χ1n) is 15.3. The molecule has 1 aliphatic rings. The number of aromatic nitrogens is 1. The number of amides is 3. The fraction of sp³-hybridized carbons (Fsp3) is 0.455. The Morgan fingerprint density at radius 3 is 2.62 bits per heavy atom. The lowest BCUT2D eigenvalue weighted by Crippen LogP contribution is -2.47. The molecule has 12 heteroatoms. The molecule has 1 aromatic heterocycles. The number of rotatable bonds is 12. The van der Waals surface area contributed by atoms with E-state index in [1.165, 1.54) is 42.0 Å². The summed E-state index contributed by atoms with van der Waals surface area (Å²) in [7, 11) is 0. The molecule has 0 radical (unpaired) electrons. The van der Waals surface area contributed by atoms with Gasteiger partial charge < -0.3 is 20.7 Å². The van der Waals surface area contributed by atoms with Crippen molar-refractivity contribution in [2.45, 2.75) is 90.3 Å². The number of nitrogens with one attached hydrogen (secondary N) is 3. The first-order valence-corrected chi connectivity index (χ1v) is 17.2. The van der Waals surface area contributed by atoms with E-state index in [1.54, 1.807) is 24.5 Å². The smallest absolute Gasteiger partial charge is 0.329 e. The molecule has 2 aromatic rings. The van der Waals surface area contributed by atoms with Crippen LogP contribution >= 0.6 is 23.1 Å². The molecule has 0 saturated heterocycles. The van der Waals surface area contributed by atoms with Crippen molar-refractivity contribution in [2.75, 3.05) is 5.75 Å². The normalized spacial score (nSPS) is 19.2. The van der Waals surface area contributed by atoms with E-state index in [2.05, 4.69) is 27.9 Å². The minimum atomic E-state index is -1.10. The number of esters is 1. The lowest BCUT2D eigenvalue weighted by atomic mass is 10.1. The Morgan fingerprint density at radius 1 is 1.09 bits per heavy atom. The van der Waals surface area contributed by atoms with Crippen molar-refractivity contribution in [1.29, 1.82) is 0 Å². The van der Waals surface area contributed by atoms with Crippen molar-refractivity contribution < 1.29 is 28.7 Å². The largest absolute Gasteiger partial charge is 0.456 e. The average molecular weight is 655 g/mol. The van der Waals surface area contributed by atoms with E-state index in [4.69, 9.17) is 4.74 Å². The molecule has 2 heterocycles. The standard InChI is InChI=1S/C33H42N4O6S2/c1-3-5-6-7-11-17-30(39)44-18-13-12-16-24-20-28(38)34-21-29-35-27(22-45-29)32(41)36-25(4-2)31(40)37-26(33(42)43-24)19-23-14-9-8-10-15-23/h4,8-10,12,14-16,22,24,26H,3,5-7,11,13,17-21H2,1-2H3,(H,34,38)(H,36,41)(H,37,40)/t24-,26+/m1/s1. The quantitative estimate of drug-likeness (QED) is 0.126. The molecular weight excluding hydrogens is 613 g/mol. The number of unbranched alkanes of at least 4 members (excludes halogenated alkanes) is 4. The van der Waals surface area contributed by atoms with Crippen molar-refractivity contribution in [3.63, 3.8) is 0 Å². The summed E-state index contributed by atoms with van der Waals surface area (Å²) in [6.07, 6.45) is 10.5. The first-order chi connectivity index (χ1) is 21.8. The van der Waals surface area contributed by atoms with E-state index in [-0.39, 0.29) is 41.8 Å². The summed E-state index contributed by atoms with van der Waals surface area (Å²) in [4.78, 5) is 68.8. The predicted octanol–water partition coefficient (Wildman–Crippen LogP) is 5.00. The number of hydrogen-bond acceptors (Lipinski definition) is 9. The van der Waals surface area contributed by atoms with Crippen molar-refractivity contribution >= 4 is 51.9 Å². The number of ether oxygens (including phenoxy) is 1.